The average molecular weight is 390 g/mol. The number of ether oxygens (including phenoxy) is 2. The lowest BCUT2D eigenvalue weighted by Crippen LogP contribution is -2.21. The Morgan fingerprint density at radius 2 is 1.95 bits per heavy atom. The summed E-state index contributed by atoms with van der Waals surface area (Å²) in [5.41, 5.74) is 0.933. The van der Waals surface area contributed by atoms with Crippen molar-refractivity contribution in [2.75, 3.05) is 11.5 Å². The van der Waals surface area contributed by atoms with Crippen molar-refractivity contribution in [2.24, 2.45) is 5.92 Å². The van der Waals surface area contributed by atoms with E-state index in [1.807, 2.05) is 30.3 Å². The molecule has 1 aromatic carbocycles. The molecule has 0 aliphatic heterocycles. The van der Waals surface area contributed by atoms with Crippen LogP contribution in [0.4, 0.5) is 0 Å². The molecule has 0 aromatic heterocycles. The van der Waals surface area contributed by atoms with Gasteiger partial charge in [0.1, 0.15) is 6.61 Å². The van der Waals surface area contributed by atoms with E-state index in [0.29, 0.717) is 6.42 Å². The zero-order valence-electron chi connectivity index (χ0n) is 11.5. The van der Waals surface area contributed by atoms with Crippen molar-refractivity contribution in [3.63, 3.8) is 0 Å². The third-order valence-electron chi connectivity index (χ3n) is 2.88. The summed E-state index contributed by atoms with van der Waals surface area (Å²) in [6.07, 6.45) is 1.61. The van der Waals surface area contributed by atoms with Crippen LogP contribution in [-0.4, -0.2) is 23.5 Å². The third-order valence-corrected chi connectivity index (χ3v) is 3.64. The van der Waals surface area contributed by atoms with E-state index in [0.717, 1.165) is 16.4 Å². The predicted octanol–water partition coefficient (Wildman–Crippen LogP) is 3.12. The number of alkyl halides is 1. The van der Waals surface area contributed by atoms with E-state index in [1.165, 1.54) is 7.11 Å². The fourth-order valence-electron chi connectivity index (χ4n) is 1.79. The Morgan fingerprint density at radius 1 is 1.25 bits per heavy atom. The molecule has 5 heteroatoms. The summed E-state index contributed by atoms with van der Waals surface area (Å²) in [4.78, 5) is 23.4. The Morgan fingerprint density at radius 3 is 2.55 bits per heavy atom. The molecular formula is C15H19IO4. The largest absolute Gasteiger partial charge is 0.469 e. The molecule has 1 atom stereocenters. The standard InChI is InChI=1S/C15H19IO4/c1-19-15(18)13(8-5-9-16)10-14(17)20-11-12-6-3-2-4-7-12/h2-4,6-7,13H,5,8-11H2,1H3. The van der Waals surface area contributed by atoms with Crippen LogP contribution in [0.1, 0.15) is 24.8 Å². The van der Waals surface area contributed by atoms with Gasteiger partial charge in [0, 0.05) is 0 Å². The van der Waals surface area contributed by atoms with Gasteiger partial charge in [-0.15, -0.1) is 0 Å². The van der Waals surface area contributed by atoms with E-state index < -0.39 is 5.92 Å². The number of esters is 2. The summed E-state index contributed by atoms with van der Waals surface area (Å²) < 4.78 is 10.9. The van der Waals surface area contributed by atoms with Gasteiger partial charge in [-0.2, -0.15) is 0 Å². The monoisotopic (exact) mass is 390 g/mol. The van der Waals surface area contributed by atoms with Gasteiger partial charge in [-0.05, 0) is 22.8 Å². The van der Waals surface area contributed by atoms with E-state index in [4.69, 9.17) is 9.47 Å². The molecule has 0 bridgehead atoms. The number of hydrogen-bond donors (Lipinski definition) is 0. The highest BCUT2D eigenvalue weighted by molar-refractivity contribution is 14.1. The maximum absolute atomic E-state index is 11.8. The molecule has 20 heavy (non-hydrogen) atoms. The molecule has 0 aliphatic rings. The Kier molecular flexibility index (Phi) is 8.25. The first-order chi connectivity index (χ1) is 9.67. The summed E-state index contributed by atoms with van der Waals surface area (Å²) in [7, 11) is 1.34. The minimum Gasteiger partial charge on any atom is -0.469 e. The second-order valence-corrected chi connectivity index (χ2v) is 5.48. The van der Waals surface area contributed by atoms with Crippen molar-refractivity contribution in [3.8, 4) is 0 Å². The number of rotatable bonds is 8. The number of carbonyl (C=O) groups excluding carboxylic acids is 2. The number of methoxy groups -OCH3 is 1. The van der Waals surface area contributed by atoms with Gasteiger partial charge in [0.25, 0.3) is 0 Å². The molecule has 1 unspecified atom stereocenters. The molecule has 0 spiro atoms. The van der Waals surface area contributed by atoms with Crippen molar-refractivity contribution in [1.82, 2.24) is 0 Å². The second kappa shape index (κ2) is 9.74. The van der Waals surface area contributed by atoms with Crippen molar-refractivity contribution in [2.45, 2.75) is 25.9 Å². The van der Waals surface area contributed by atoms with Gasteiger partial charge in [-0.3, -0.25) is 9.59 Å². The van der Waals surface area contributed by atoms with E-state index in [9.17, 15) is 9.59 Å². The number of benzene rings is 1. The molecule has 0 heterocycles. The number of hydrogen-bond acceptors (Lipinski definition) is 4. The minimum atomic E-state index is -0.405. The highest BCUT2D eigenvalue weighted by Gasteiger charge is 2.23. The number of halogens is 1. The third kappa shape index (κ3) is 6.36. The van der Waals surface area contributed by atoms with Gasteiger partial charge in [0.05, 0.1) is 19.4 Å². The average Bonchev–Trinajstić information content (AvgIpc) is 2.49. The lowest BCUT2D eigenvalue weighted by molar-refractivity contribution is -0.154. The highest BCUT2D eigenvalue weighted by atomic mass is 127. The van der Waals surface area contributed by atoms with Crippen LogP contribution in [0.5, 0.6) is 0 Å². The summed E-state index contributed by atoms with van der Waals surface area (Å²) in [6, 6.07) is 9.46. The lowest BCUT2D eigenvalue weighted by Gasteiger charge is -2.13. The van der Waals surface area contributed by atoms with E-state index in [1.54, 1.807) is 0 Å². The molecule has 0 radical (unpaired) electrons. The zero-order chi connectivity index (χ0) is 14.8. The van der Waals surface area contributed by atoms with Crippen LogP contribution in [0.3, 0.4) is 0 Å². The smallest absolute Gasteiger partial charge is 0.309 e. The number of carbonyl (C=O) groups is 2. The van der Waals surface area contributed by atoms with E-state index in [-0.39, 0.29) is 25.0 Å². The summed E-state index contributed by atoms with van der Waals surface area (Å²) in [5.74, 6) is -1.11. The van der Waals surface area contributed by atoms with Crippen molar-refractivity contribution < 1.29 is 19.1 Å². The fourth-order valence-corrected chi connectivity index (χ4v) is 2.23. The first kappa shape index (κ1) is 16.9. The quantitative estimate of drug-likeness (QED) is 0.389. The van der Waals surface area contributed by atoms with Crippen molar-refractivity contribution in [3.05, 3.63) is 35.9 Å². The maximum atomic E-state index is 11.8. The Labute approximate surface area is 133 Å². The van der Waals surface area contributed by atoms with E-state index >= 15 is 0 Å². The first-order valence-electron chi connectivity index (χ1n) is 6.50. The Balaban J connectivity index is 2.43. The maximum Gasteiger partial charge on any atom is 0.309 e. The van der Waals surface area contributed by atoms with Gasteiger partial charge in [0.15, 0.2) is 0 Å². The van der Waals surface area contributed by atoms with E-state index in [2.05, 4.69) is 22.6 Å². The van der Waals surface area contributed by atoms with Crippen LogP contribution in [0.2, 0.25) is 0 Å². The fraction of sp³-hybridized carbons (Fsp3) is 0.467. The van der Waals surface area contributed by atoms with Crippen LogP contribution >= 0.6 is 22.6 Å². The first-order valence-corrected chi connectivity index (χ1v) is 8.03. The molecule has 0 fully saturated rings. The second-order valence-electron chi connectivity index (χ2n) is 4.40. The molecule has 0 N–H and O–H groups in total. The molecular weight excluding hydrogens is 371 g/mol. The molecule has 1 rings (SSSR count). The van der Waals surface area contributed by atoms with Crippen molar-refractivity contribution in [1.29, 1.82) is 0 Å². The van der Waals surface area contributed by atoms with Crippen LogP contribution in [0.25, 0.3) is 0 Å². The predicted molar refractivity (Wildman–Crippen MR) is 84.5 cm³/mol. The Bertz CT molecular complexity index is 419. The topological polar surface area (TPSA) is 52.6 Å². The molecule has 110 valence electrons. The highest BCUT2D eigenvalue weighted by Crippen LogP contribution is 2.16. The van der Waals surface area contributed by atoms with Gasteiger partial charge in [-0.25, -0.2) is 0 Å². The molecule has 0 aliphatic carbocycles. The van der Waals surface area contributed by atoms with Gasteiger partial charge < -0.3 is 9.47 Å². The lowest BCUT2D eigenvalue weighted by atomic mass is 10.0. The van der Waals surface area contributed by atoms with Crippen LogP contribution in [0, 0.1) is 5.92 Å². The SMILES string of the molecule is COC(=O)C(CCCI)CC(=O)OCc1ccccc1. The van der Waals surface area contributed by atoms with Gasteiger partial charge >= 0.3 is 11.9 Å². The van der Waals surface area contributed by atoms with Crippen LogP contribution in [-0.2, 0) is 25.7 Å². The van der Waals surface area contributed by atoms with Crippen LogP contribution < -0.4 is 0 Å². The molecule has 1 aromatic rings. The summed E-state index contributed by atoms with van der Waals surface area (Å²) in [6.45, 7) is 0.236. The van der Waals surface area contributed by atoms with Gasteiger partial charge in [0.2, 0.25) is 0 Å². The van der Waals surface area contributed by atoms with Crippen molar-refractivity contribution >= 4 is 34.5 Å². The molecule has 0 amide bonds. The van der Waals surface area contributed by atoms with Gasteiger partial charge in [-0.1, -0.05) is 52.9 Å². The molecule has 0 saturated carbocycles. The summed E-state index contributed by atoms with van der Waals surface area (Å²) in [5, 5.41) is 0. The molecule has 0 saturated heterocycles. The van der Waals surface area contributed by atoms with Crippen LogP contribution in [0.15, 0.2) is 30.3 Å². The summed E-state index contributed by atoms with van der Waals surface area (Å²) >= 11 is 2.25. The Hall–Kier alpha value is -1.11. The molecule has 4 nitrogen and oxygen atoms in total. The minimum absolute atomic E-state index is 0.0795. The normalized spacial score (nSPS) is 11.7. The zero-order valence-corrected chi connectivity index (χ0v) is 13.7.